The van der Waals surface area contributed by atoms with Crippen LogP contribution in [0.5, 0.6) is 0 Å². The maximum absolute atomic E-state index is 12.6. The fourth-order valence-electron chi connectivity index (χ4n) is 2.23. The van der Waals surface area contributed by atoms with Crippen molar-refractivity contribution in [2.75, 3.05) is 27.2 Å². The molecule has 1 rings (SSSR count). The van der Waals surface area contributed by atoms with Gasteiger partial charge >= 0.3 is 0 Å². The van der Waals surface area contributed by atoms with Gasteiger partial charge in [-0.05, 0) is 34.0 Å². The molecule has 0 bridgehead atoms. The van der Waals surface area contributed by atoms with Crippen molar-refractivity contribution in [1.29, 1.82) is 0 Å². The molecule has 0 aliphatic rings. The van der Waals surface area contributed by atoms with Gasteiger partial charge in [-0.1, -0.05) is 11.6 Å². The van der Waals surface area contributed by atoms with Crippen LogP contribution in [0.2, 0.25) is 5.02 Å². The maximum atomic E-state index is 12.6. The molecule has 0 spiro atoms. The monoisotopic (exact) mass is 313 g/mol. The number of rotatable bonds is 6. The van der Waals surface area contributed by atoms with Crippen LogP contribution < -0.4 is 0 Å². The van der Waals surface area contributed by atoms with Crippen LogP contribution in [0.4, 0.5) is 5.69 Å². The number of non-ortho nitro benzene ring substituents is 1. The van der Waals surface area contributed by atoms with Crippen LogP contribution in [0.3, 0.4) is 0 Å². The molecule has 1 unspecified atom stereocenters. The van der Waals surface area contributed by atoms with Gasteiger partial charge in [-0.15, -0.1) is 0 Å². The molecule has 0 fully saturated rings. The lowest BCUT2D eigenvalue weighted by Gasteiger charge is -2.30. The molecule has 1 aromatic rings. The Labute approximate surface area is 129 Å². The van der Waals surface area contributed by atoms with Gasteiger partial charge < -0.3 is 9.80 Å². The number of benzene rings is 1. The Morgan fingerprint density at radius 2 is 2.05 bits per heavy atom. The van der Waals surface area contributed by atoms with E-state index in [4.69, 9.17) is 11.6 Å². The lowest BCUT2D eigenvalue weighted by Crippen LogP contribution is -2.43. The van der Waals surface area contributed by atoms with E-state index in [-0.39, 0.29) is 28.2 Å². The van der Waals surface area contributed by atoms with Gasteiger partial charge in [-0.3, -0.25) is 14.9 Å². The van der Waals surface area contributed by atoms with E-state index in [0.29, 0.717) is 6.54 Å². The van der Waals surface area contributed by atoms with Crippen LogP contribution in [0, 0.1) is 10.1 Å². The minimum absolute atomic E-state index is 0.0174. The van der Waals surface area contributed by atoms with Gasteiger partial charge in [0, 0.05) is 31.3 Å². The summed E-state index contributed by atoms with van der Waals surface area (Å²) < 4.78 is 0. The molecule has 1 atom stereocenters. The van der Waals surface area contributed by atoms with Crippen molar-refractivity contribution in [3.05, 3.63) is 38.9 Å². The molecule has 1 amide bonds. The largest absolute Gasteiger partial charge is 0.335 e. The SMILES string of the molecule is CCN(C(=O)c1ccc([N+](=O)[O-])cc1Cl)C(C)CN(C)C. The fraction of sp³-hybridized carbons (Fsp3) is 0.500. The lowest BCUT2D eigenvalue weighted by molar-refractivity contribution is -0.384. The summed E-state index contributed by atoms with van der Waals surface area (Å²) in [7, 11) is 3.88. The molecule has 0 N–H and O–H groups in total. The van der Waals surface area contributed by atoms with E-state index in [0.717, 1.165) is 6.54 Å². The zero-order valence-corrected chi connectivity index (χ0v) is 13.4. The molecule has 0 aliphatic heterocycles. The molecule has 0 aromatic heterocycles. The summed E-state index contributed by atoms with van der Waals surface area (Å²) in [6.07, 6.45) is 0. The fourth-order valence-corrected chi connectivity index (χ4v) is 2.48. The zero-order chi connectivity index (χ0) is 16.2. The molecule has 1 aromatic carbocycles. The molecule has 21 heavy (non-hydrogen) atoms. The summed E-state index contributed by atoms with van der Waals surface area (Å²) >= 11 is 6.02. The summed E-state index contributed by atoms with van der Waals surface area (Å²) in [6.45, 7) is 5.12. The van der Waals surface area contributed by atoms with E-state index < -0.39 is 4.92 Å². The maximum Gasteiger partial charge on any atom is 0.270 e. The van der Waals surface area contributed by atoms with Crippen molar-refractivity contribution in [2.24, 2.45) is 0 Å². The van der Waals surface area contributed by atoms with Gasteiger partial charge in [0.15, 0.2) is 0 Å². The number of nitrogens with zero attached hydrogens (tertiary/aromatic N) is 3. The topological polar surface area (TPSA) is 66.7 Å². The third-order valence-corrected chi connectivity index (χ3v) is 3.47. The van der Waals surface area contributed by atoms with Gasteiger partial charge in [0.05, 0.1) is 15.5 Å². The number of carbonyl (C=O) groups excluding carboxylic acids is 1. The van der Waals surface area contributed by atoms with E-state index in [9.17, 15) is 14.9 Å². The third kappa shape index (κ3) is 4.41. The first-order chi connectivity index (χ1) is 9.77. The highest BCUT2D eigenvalue weighted by Crippen LogP contribution is 2.24. The van der Waals surface area contributed by atoms with Crippen molar-refractivity contribution in [3.8, 4) is 0 Å². The molecule has 0 radical (unpaired) electrons. The molecule has 0 saturated heterocycles. The number of halogens is 1. The molecule has 0 heterocycles. The molecule has 0 aliphatic carbocycles. The van der Waals surface area contributed by atoms with Gasteiger partial charge in [0.25, 0.3) is 11.6 Å². The van der Waals surface area contributed by atoms with E-state index in [1.165, 1.54) is 18.2 Å². The number of amides is 1. The van der Waals surface area contributed by atoms with Crippen molar-refractivity contribution in [3.63, 3.8) is 0 Å². The predicted molar refractivity (Wildman–Crippen MR) is 82.8 cm³/mol. The van der Waals surface area contributed by atoms with Crippen LogP contribution in [0.1, 0.15) is 24.2 Å². The van der Waals surface area contributed by atoms with E-state index in [1.807, 2.05) is 32.8 Å². The lowest BCUT2D eigenvalue weighted by atomic mass is 10.1. The Bertz CT molecular complexity index is 534. The van der Waals surface area contributed by atoms with Crippen LogP contribution >= 0.6 is 11.6 Å². The highest BCUT2D eigenvalue weighted by Gasteiger charge is 2.23. The minimum Gasteiger partial charge on any atom is -0.335 e. The molecule has 116 valence electrons. The van der Waals surface area contributed by atoms with Crippen molar-refractivity contribution in [2.45, 2.75) is 19.9 Å². The summed E-state index contributed by atoms with van der Waals surface area (Å²) in [5.74, 6) is -0.216. The molecule has 6 nitrogen and oxygen atoms in total. The average molecular weight is 314 g/mol. The number of likely N-dealkylation sites (N-methyl/N-ethyl adjacent to an activating group) is 2. The van der Waals surface area contributed by atoms with E-state index >= 15 is 0 Å². The first-order valence-electron chi connectivity index (χ1n) is 6.67. The van der Waals surface area contributed by atoms with Crippen LogP contribution in [0.25, 0.3) is 0 Å². The van der Waals surface area contributed by atoms with E-state index in [1.54, 1.807) is 4.90 Å². The average Bonchev–Trinajstić information content (AvgIpc) is 2.38. The van der Waals surface area contributed by atoms with Crippen molar-refractivity contribution >= 4 is 23.2 Å². The Hall–Kier alpha value is -1.66. The Morgan fingerprint density at radius 3 is 2.48 bits per heavy atom. The highest BCUT2D eigenvalue weighted by molar-refractivity contribution is 6.34. The van der Waals surface area contributed by atoms with Crippen LogP contribution in [-0.4, -0.2) is 53.9 Å². The van der Waals surface area contributed by atoms with Crippen molar-refractivity contribution < 1.29 is 9.72 Å². The summed E-state index contributed by atoms with van der Waals surface area (Å²) in [4.78, 5) is 26.4. The smallest absolute Gasteiger partial charge is 0.270 e. The van der Waals surface area contributed by atoms with Gasteiger partial charge in [-0.25, -0.2) is 0 Å². The third-order valence-electron chi connectivity index (χ3n) is 3.16. The van der Waals surface area contributed by atoms with Crippen molar-refractivity contribution in [1.82, 2.24) is 9.80 Å². The van der Waals surface area contributed by atoms with Gasteiger partial charge in [0.1, 0.15) is 0 Å². The van der Waals surface area contributed by atoms with Crippen LogP contribution in [-0.2, 0) is 0 Å². The Morgan fingerprint density at radius 1 is 1.43 bits per heavy atom. The molecular weight excluding hydrogens is 294 g/mol. The number of carbonyl (C=O) groups is 1. The number of hydrogen-bond donors (Lipinski definition) is 0. The zero-order valence-electron chi connectivity index (χ0n) is 12.7. The molecule has 7 heteroatoms. The second kappa shape index (κ2) is 7.38. The standard InChI is InChI=1S/C14H20ClN3O3/c1-5-17(10(2)9-16(3)4)14(19)12-7-6-11(18(20)21)8-13(12)15/h6-8,10H,5,9H2,1-4H3. The molecular formula is C14H20ClN3O3. The Kier molecular flexibility index (Phi) is 6.11. The predicted octanol–water partition coefficient (Wildman–Crippen LogP) is 2.66. The first-order valence-corrected chi connectivity index (χ1v) is 7.05. The quantitative estimate of drug-likeness (QED) is 0.598. The number of nitro benzene ring substituents is 1. The van der Waals surface area contributed by atoms with Crippen LogP contribution in [0.15, 0.2) is 18.2 Å². The number of hydrogen-bond acceptors (Lipinski definition) is 4. The minimum atomic E-state index is -0.535. The number of nitro groups is 1. The second-order valence-corrected chi connectivity index (χ2v) is 5.53. The normalized spacial score (nSPS) is 12.3. The summed E-state index contributed by atoms with van der Waals surface area (Å²) in [5.41, 5.74) is 0.163. The van der Waals surface area contributed by atoms with E-state index in [2.05, 4.69) is 0 Å². The molecule has 0 saturated carbocycles. The summed E-state index contributed by atoms with van der Waals surface area (Å²) in [5, 5.41) is 10.8. The van der Waals surface area contributed by atoms with Gasteiger partial charge in [0.2, 0.25) is 0 Å². The highest BCUT2D eigenvalue weighted by atomic mass is 35.5. The first kappa shape index (κ1) is 17.4. The second-order valence-electron chi connectivity index (χ2n) is 5.12. The van der Waals surface area contributed by atoms with Gasteiger partial charge in [-0.2, -0.15) is 0 Å². The summed E-state index contributed by atoms with van der Waals surface area (Å²) in [6, 6.07) is 3.93. The Balaban J connectivity index is 3.02.